The molecule has 0 radical (unpaired) electrons. The van der Waals surface area contributed by atoms with Gasteiger partial charge in [-0.15, -0.1) is 11.6 Å². The van der Waals surface area contributed by atoms with Crippen molar-refractivity contribution in [3.05, 3.63) is 59.7 Å². The van der Waals surface area contributed by atoms with Gasteiger partial charge in [0, 0.05) is 5.88 Å². The fourth-order valence-electron chi connectivity index (χ4n) is 6.60. The van der Waals surface area contributed by atoms with Crippen LogP contribution < -0.4 is 0 Å². The quantitative estimate of drug-likeness (QED) is 0.307. The molecule has 180 valence electrons. The molecule has 0 aromatic heterocycles. The summed E-state index contributed by atoms with van der Waals surface area (Å²) in [6.45, 7) is 2.34. The van der Waals surface area contributed by atoms with E-state index in [1.165, 1.54) is 106 Å². The lowest BCUT2D eigenvalue weighted by Gasteiger charge is -2.38. The molecule has 0 spiro atoms. The Morgan fingerprint density at radius 3 is 1.52 bits per heavy atom. The van der Waals surface area contributed by atoms with Crippen LogP contribution in [-0.4, -0.2) is 5.88 Å². The van der Waals surface area contributed by atoms with Gasteiger partial charge >= 0.3 is 0 Å². The van der Waals surface area contributed by atoms with Crippen molar-refractivity contribution in [1.82, 2.24) is 0 Å². The standard InChI is InChI=1S/C32H45Cl/c1-2-3-4-25-7-15-29(16-8-25)30-17-9-26(10-18-30)5-6-27-11-19-31(20-12-27)32-21-13-28(14-22-32)23-24-33/h11-14,19-22,25-26,29-30H,2-10,15-18,23-24H2,1H3/t25-,26?,29-,30?. The Morgan fingerprint density at radius 2 is 1.06 bits per heavy atom. The first kappa shape index (κ1) is 24.8. The van der Waals surface area contributed by atoms with Crippen LogP contribution in [-0.2, 0) is 12.8 Å². The zero-order chi connectivity index (χ0) is 22.9. The average Bonchev–Trinajstić information content (AvgIpc) is 2.88. The molecule has 2 aliphatic carbocycles. The van der Waals surface area contributed by atoms with Crippen LogP contribution in [0.5, 0.6) is 0 Å². The number of aryl methyl sites for hydroxylation is 2. The zero-order valence-corrected chi connectivity index (χ0v) is 21.7. The summed E-state index contributed by atoms with van der Waals surface area (Å²) in [6, 6.07) is 18.2. The Kier molecular flexibility index (Phi) is 9.78. The summed E-state index contributed by atoms with van der Waals surface area (Å²) in [4.78, 5) is 0. The Bertz CT molecular complexity index is 789. The van der Waals surface area contributed by atoms with Gasteiger partial charge < -0.3 is 0 Å². The minimum absolute atomic E-state index is 0.690. The molecule has 2 fully saturated rings. The van der Waals surface area contributed by atoms with E-state index in [9.17, 15) is 0 Å². The first-order valence-corrected chi connectivity index (χ1v) is 14.5. The average molecular weight is 465 g/mol. The summed E-state index contributed by atoms with van der Waals surface area (Å²) in [5, 5.41) is 0. The van der Waals surface area contributed by atoms with E-state index in [1.807, 2.05) is 0 Å². The molecule has 0 saturated heterocycles. The summed E-state index contributed by atoms with van der Waals surface area (Å²) in [5.74, 6) is 4.80. The van der Waals surface area contributed by atoms with E-state index in [-0.39, 0.29) is 0 Å². The third-order valence-corrected chi connectivity index (χ3v) is 9.07. The van der Waals surface area contributed by atoms with Crippen molar-refractivity contribution < 1.29 is 0 Å². The zero-order valence-electron chi connectivity index (χ0n) is 20.9. The number of benzene rings is 2. The summed E-state index contributed by atoms with van der Waals surface area (Å²) < 4.78 is 0. The third kappa shape index (κ3) is 7.35. The van der Waals surface area contributed by atoms with E-state index in [0.717, 1.165) is 30.1 Å². The fraction of sp³-hybridized carbons (Fsp3) is 0.625. The molecule has 0 amide bonds. The molecule has 0 unspecified atom stereocenters. The second kappa shape index (κ2) is 13.0. The number of rotatable bonds is 10. The van der Waals surface area contributed by atoms with E-state index < -0.39 is 0 Å². The summed E-state index contributed by atoms with van der Waals surface area (Å²) in [5.41, 5.74) is 5.45. The number of unbranched alkanes of at least 4 members (excludes halogenated alkanes) is 1. The predicted octanol–water partition coefficient (Wildman–Crippen LogP) is 9.87. The van der Waals surface area contributed by atoms with Crippen molar-refractivity contribution in [2.75, 3.05) is 5.88 Å². The predicted molar refractivity (Wildman–Crippen MR) is 145 cm³/mol. The molecule has 4 rings (SSSR count). The van der Waals surface area contributed by atoms with Crippen molar-refractivity contribution in [3.8, 4) is 11.1 Å². The molecular formula is C32H45Cl. The van der Waals surface area contributed by atoms with Gasteiger partial charge in [-0.05, 0) is 90.9 Å². The van der Waals surface area contributed by atoms with Crippen LogP contribution in [0.4, 0.5) is 0 Å². The smallest absolute Gasteiger partial charge is 0.0263 e. The van der Waals surface area contributed by atoms with Crippen molar-refractivity contribution in [1.29, 1.82) is 0 Å². The summed E-state index contributed by atoms with van der Waals surface area (Å²) >= 11 is 5.86. The Morgan fingerprint density at radius 1 is 0.606 bits per heavy atom. The molecule has 33 heavy (non-hydrogen) atoms. The van der Waals surface area contributed by atoms with Gasteiger partial charge in [-0.2, -0.15) is 0 Å². The highest BCUT2D eigenvalue weighted by atomic mass is 35.5. The van der Waals surface area contributed by atoms with E-state index in [1.54, 1.807) is 0 Å². The number of halogens is 1. The Balaban J connectivity index is 1.17. The maximum absolute atomic E-state index is 5.86. The molecule has 0 N–H and O–H groups in total. The second-order valence-electron chi connectivity index (χ2n) is 11.1. The molecule has 2 aromatic rings. The van der Waals surface area contributed by atoms with Crippen molar-refractivity contribution in [3.63, 3.8) is 0 Å². The van der Waals surface area contributed by atoms with Gasteiger partial charge in [0.15, 0.2) is 0 Å². The molecule has 0 atom stereocenters. The molecule has 2 aromatic carbocycles. The maximum Gasteiger partial charge on any atom is 0.0263 e. The van der Waals surface area contributed by atoms with Crippen LogP contribution in [0, 0.1) is 23.7 Å². The van der Waals surface area contributed by atoms with Gasteiger partial charge in [-0.1, -0.05) is 100 Å². The SMILES string of the molecule is CCCC[C@H]1CC[C@H](C2CCC(CCc3ccc(-c4ccc(CCCl)cc4)cc3)CC2)CC1. The van der Waals surface area contributed by atoms with E-state index >= 15 is 0 Å². The number of hydrogen-bond acceptors (Lipinski definition) is 0. The van der Waals surface area contributed by atoms with E-state index in [4.69, 9.17) is 11.6 Å². The van der Waals surface area contributed by atoms with Crippen LogP contribution in [0.3, 0.4) is 0 Å². The lowest BCUT2D eigenvalue weighted by molar-refractivity contribution is 0.140. The molecule has 0 nitrogen and oxygen atoms in total. The van der Waals surface area contributed by atoms with Crippen LogP contribution in [0.25, 0.3) is 11.1 Å². The second-order valence-corrected chi connectivity index (χ2v) is 11.5. The first-order valence-electron chi connectivity index (χ1n) is 14.0. The van der Waals surface area contributed by atoms with Crippen LogP contribution in [0.1, 0.15) is 95.1 Å². The minimum atomic E-state index is 0.690. The minimum Gasteiger partial charge on any atom is -0.126 e. The third-order valence-electron chi connectivity index (χ3n) is 8.88. The molecule has 0 bridgehead atoms. The van der Waals surface area contributed by atoms with Crippen molar-refractivity contribution in [2.45, 2.75) is 96.8 Å². The van der Waals surface area contributed by atoms with Crippen LogP contribution >= 0.6 is 11.6 Å². The highest BCUT2D eigenvalue weighted by molar-refractivity contribution is 6.17. The highest BCUT2D eigenvalue weighted by Crippen LogP contribution is 2.43. The first-order chi connectivity index (χ1) is 16.2. The fourth-order valence-corrected chi connectivity index (χ4v) is 6.82. The molecule has 1 heteroatoms. The van der Waals surface area contributed by atoms with Crippen LogP contribution in [0.2, 0.25) is 0 Å². The van der Waals surface area contributed by atoms with Gasteiger partial charge in [-0.25, -0.2) is 0 Å². The van der Waals surface area contributed by atoms with Crippen molar-refractivity contribution >= 4 is 11.6 Å². The van der Waals surface area contributed by atoms with Gasteiger partial charge in [-0.3, -0.25) is 0 Å². The van der Waals surface area contributed by atoms with Gasteiger partial charge in [0.05, 0.1) is 0 Å². The molecule has 2 aliphatic rings. The molecule has 2 saturated carbocycles. The highest BCUT2D eigenvalue weighted by Gasteiger charge is 2.30. The maximum atomic E-state index is 5.86. The lowest BCUT2D eigenvalue weighted by Crippen LogP contribution is -2.26. The summed E-state index contributed by atoms with van der Waals surface area (Å²) in [7, 11) is 0. The normalized spacial score (nSPS) is 25.8. The molecular weight excluding hydrogens is 420 g/mol. The Labute approximate surface area is 208 Å². The van der Waals surface area contributed by atoms with Gasteiger partial charge in [0.2, 0.25) is 0 Å². The Hall–Kier alpha value is -1.27. The van der Waals surface area contributed by atoms with Gasteiger partial charge in [0.1, 0.15) is 0 Å². The van der Waals surface area contributed by atoms with Crippen molar-refractivity contribution in [2.24, 2.45) is 23.7 Å². The molecule has 0 heterocycles. The van der Waals surface area contributed by atoms with Crippen LogP contribution in [0.15, 0.2) is 48.5 Å². The molecule has 0 aliphatic heterocycles. The largest absolute Gasteiger partial charge is 0.126 e. The monoisotopic (exact) mass is 464 g/mol. The topological polar surface area (TPSA) is 0 Å². The van der Waals surface area contributed by atoms with E-state index in [0.29, 0.717) is 5.88 Å². The summed E-state index contributed by atoms with van der Waals surface area (Å²) in [6.07, 6.45) is 20.0. The lowest BCUT2D eigenvalue weighted by atomic mass is 9.68. The number of hydrogen-bond donors (Lipinski definition) is 0. The van der Waals surface area contributed by atoms with E-state index in [2.05, 4.69) is 55.5 Å². The van der Waals surface area contributed by atoms with Gasteiger partial charge in [0.25, 0.3) is 0 Å². The number of alkyl halides is 1.